The lowest BCUT2D eigenvalue weighted by atomic mass is 10.0. The average Bonchev–Trinajstić information content (AvgIpc) is 3.13. The van der Waals surface area contributed by atoms with Gasteiger partial charge in [0, 0.05) is 6.54 Å². The molecular formula is C20H24N2O3S. The van der Waals surface area contributed by atoms with Crippen LogP contribution in [-0.2, 0) is 14.8 Å². The second-order valence-corrected chi connectivity index (χ2v) is 8.69. The average molecular weight is 372 g/mol. The molecule has 138 valence electrons. The summed E-state index contributed by atoms with van der Waals surface area (Å²) in [5.41, 5.74) is 3.25. The lowest BCUT2D eigenvalue weighted by Crippen LogP contribution is -2.46. The van der Waals surface area contributed by atoms with Crippen molar-refractivity contribution < 1.29 is 13.2 Å². The van der Waals surface area contributed by atoms with E-state index in [0.717, 1.165) is 22.9 Å². The topological polar surface area (TPSA) is 66.5 Å². The summed E-state index contributed by atoms with van der Waals surface area (Å²) in [5.74, 6) is -0.229. The lowest BCUT2D eigenvalue weighted by molar-refractivity contribution is -0.124. The molecule has 6 heteroatoms. The van der Waals surface area contributed by atoms with E-state index in [0.29, 0.717) is 19.4 Å². The first-order chi connectivity index (χ1) is 12.4. The van der Waals surface area contributed by atoms with Gasteiger partial charge in [-0.3, -0.25) is 4.79 Å². The highest BCUT2D eigenvalue weighted by molar-refractivity contribution is 7.88. The second kappa shape index (κ2) is 7.60. The molecule has 1 fully saturated rings. The van der Waals surface area contributed by atoms with Gasteiger partial charge in [0.15, 0.2) is 0 Å². The van der Waals surface area contributed by atoms with Crippen LogP contribution in [0.25, 0.3) is 11.1 Å². The second-order valence-electron chi connectivity index (χ2n) is 6.75. The molecule has 2 unspecified atom stereocenters. The van der Waals surface area contributed by atoms with Gasteiger partial charge in [-0.25, -0.2) is 8.42 Å². The van der Waals surface area contributed by atoms with Crippen LogP contribution in [0.1, 0.15) is 31.4 Å². The van der Waals surface area contributed by atoms with Crippen molar-refractivity contribution in [1.29, 1.82) is 0 Å². The smallest absolute Gasteiger partial charge is 0.238 e. The van der Waals surface area contributed by atoms with Gasteiger partial charge < -0.3 is 5.32 Å². The van der Waals surface area contributed by atoms with E-state index in [2.05, 4.69) is 17.4 Å². The largest absolute Gasteiger partial charge is 0.348 e. The molecule has 0 radical (unpaired) electrons. The Morgan fingerprint density at radius 2 is 1.69 bits per heavy atom. The molecule has 2 aromatic rings. The van der Waals surface area contributed by atoms with Crippen LogP contribution in [0.2, 0.25) is 0 Å². The van der Waals surface area contributed by atoms with Crippen molar-refractivity contribution in [2.24, 2.45) is 0 Å². The number of nitrogens with one attached hydrogen (secondary N) is 1. The SMILES string of the molecule is CC(NC(=O)C1CCCN1S(C)(=O)=O)c1ccc(-c2ccccc2)cc1. The van der Waals surface area contributed by atoms with E-state index in [-0.39, 0.29) is 11.9 Å². The molecule has 1 aliphatic rings. The first kappa shape index (κ1) is 18.6. The summed E-state index contributed by atoms with van der Waals surface area (Å²) in [7, 11) is -3.36. The maximum Gasteiger partial charge on any atom is 0.238 e. The van der Waals surface area contributed by atoms with Crippen LogP contribution in [0.15, 0.2) is 54.6 Å². The minimum Gasteiger partial charge on any atom is -0.348 e. The van der Waals surface area contributed by atoms with Gasteiger partial charge in [0.05, 0.1) is 12.3 Å². The van der Waals surface area contributed by atoms with Crippen molar-refractivity contribution in [3.05, 3.63) is 60.2 Å². The van der Waals surface area contributed by atoms with E-state index < -0.39 is 16.1 Å². The molecule has 1 heterocycles. The molecule has 1 amide bonds. The van der Waals surface area contributed by atoms with Gasteiger partial charge in [0.25, 0.3) is 0 Å². The highest BCUT2D eigenvalue weighted by atomic mass is 32.2. The molecule has 2 aromatic carbocycles. The van der Waals surface area contributed by atoms with Crippen LogP contribution in [0.5, 0.6) is 0 Å². The van der Waals surface area contributed by atoms with Crippen molar-refractivity contribution in [2.75, 3.05) is 12.8 Å². The van der Waals surface area contributed by atoms with Gasteiger partial charge in [-0.15, -0.1) is 0 Å². The Hall–Kier alpha value is -2.18. The van der Waals surface area contributed by atoms with E-state index in [1.165, 1.54) is 4.31 Å². The van der Waals surface area contributed by atoms with Gasteiger partial charge in [0.2, 0.25) is 15.9 Å². The minimum absolute atomic E-state index is 0.186. The van der Waals surface area contributed by atoms with Gasteiger partial charge in [0.1, 0.15) is 6.04 Å². The standard InChI is InChI=1S/C20H24N2O3S/c1-15(21-20(23)19-9-6-14-22(19)26(2,24)25)16-10-12-18(13-11-16)17-7-4-3-5-8-17/h3-5,7-8,10-13,15,19H,6,9,14H2,1-2H3,(H,21,23). The van der Waals surface area contributed by atoms with Crippen LogP contribution < -0.4 is 5.32 Å². The molecule has 1 aliphatic heterocycles. The number of rotatable bonds is 5. The number of benzene rings is 2. The lowest BCUT2D eigenvalue weighted by Gasteiger charge is -2.23. The van der Waals surface area contributed by atoms with Crippen molar-refractivity contribution in [3.8, 4) is 11.1 Å². The zero-order chi connectivity index (χ0) is 18.7. The molecule has 1 N–H and O–H groups in total. The number of carbonyl (C=O) groups excluding carboxylic acids is 1. The van der Waals surface area contributed by atoms with E-state index in [1.54, 1.807) is 0 Å². The number of hydrogen-bond acceptors (Lipinski definition) is 3. The molecule has 0 saturated carbocycles. The fourth-order valence-electron chi connectivity index (χ4n) is 3.39. The molecule has 2 atom stereocenters. The number of carbonyl (C=O) groups is 1. The number of amides is 1. The normalized spacial score (nSPS) is 19.2. The molecule has 26 heavy (non-hydrogen) atoms. The molecule has 5 nitrogen and oxygen atoms in total. The first-order valence-electron chi connectivity index (χ1n) is 8.79. The fourth-order valence-corrected chi connectivity index (χ4v) is 4.51. The molecular weight excluding hydrogens is 348 g/mol. The molecule has 3 rings (SSSR count). The maximum atomic E-state index is 12.6. The van der Waals surface area contributed by atoms with Crippen LogP contribution >= 0.6 is 0 Å². The summed E-state index contributed by atoms with van der Waals surface area (Å²) < 4.78 is 24.9. The van der Waals surface area contributed by atoms with Crippen molar-refractivity contribution >= 4 is 15.9 Å². The van der Waals surface area contributed by atoms with Crippen molar-refractivity contribution in [2.45, 2.75) is 31.8 Å². The van der Waals surface area contributed by atoms with E-state index in [1.807, 2.05) is 49.4 Å². The third-order valence-corrected chi connectivity index (χ3v) is 6.10. The van der Waals surface area contributed by atoms with Gasteiger partial charge >= 0.3 is 0 Å². The highest BCUT2D eigenvalue weighted by Gasteiger charge is 2.36. The Labute approximate surface area is 155 Å². The Morgan fingerprint density at radius 1 is 1.08 bits per heavy atom. The first-order valence-corrected chi connectivity index (χ1v) is 10.6. The molecule has 0 spiro atoms. The van der Waals surface area contributed by atoms with Gasteiger partial charge in [-0.2, -0.15) is 4.31 Å². The third kappa shape index (κ3) is 4.14. The Morgan fingerprint density at radius 3 is 2.31 bits per heavy atom. The molecule has 0 bridgehead atoms. The summed E-state index contributed by atoms with van der Waals surface area (Å²) in [5, 5.41) is 2.95. The monoisotopic (exact) mass is 372 g/mol. The Kier molecular flexibility index (Phi) is 5.44. The zero-order valence-corrected chi connectivity index (χ0v) is 15.9. The van der Waals surface area contributed by atoms with E-state index >= 15 is 0 Å². The van der Waals surface area contributed by atoms with Crippen LogP contribution in [-0.4, -0.2) is 37.5 Å². The zero-order valence-electron chi connectivity index (χ0n) is 15.1. The number of nitrogens with zero attached hydrogens (tertiary/aromatic N) is 1. The predicted octanol–water partition coefficient (Wildman–Crippen LogP) is 2.95. The number of hydrogen-bond donors (Lipinski definition) is 1. The van der Waals surface area contributed by atoms with Crippen LogP contribution in [0.4, 0.5) is 0 Å². The minimum atomic E-state index is -3.36. The summed E-state index contributed by atoms with van der Waals surface area (Å²) in [6, 6.07) is 17.4. The van der Waals surface area contributed by atoms with E-state index in [4.69, 9.17) is 0 Å². The van der Waals surface area contributed by atoms with E-state index in [9.17, 15) is 13.2 Å². The third-order valence-electron chi connectivity index (χ3n) is 4.81. The Bertz CT molecular complexity index is 864. The quantitative estimate of drug-likeness (QED) is 0.877. The van der Waals surface area contributed by atoms with Crippen LogP contribution in [0.3, 0.4) is 0 Å². The maximum absolute atomic E-state index is 12.6. The van der Waals surface area contributed by atoms with Crippen molar-refractivity contribution in [3.63, 3.8) is 0 Å². The number of sulfonamides is 1. The summed E-state index contributed by atoms with van der Waals surface area (Å²) in [4.78, 5) is 12.6. The van der Waals surface area contributed by atoms with Gasteiger partial charge in [-0.05, 0) is 36.5 Å². The van der Waals surface area contributed by atoms with Crippen LogP contribution in [0, 0.1) is 0 Å². The molecule has 0 aliphatic carbocycles. The Balaban J connectivity index is 1.68. The van der Waals surface area contributed by atoms with Gasteiger partial charge in [-0.1, -0.05) is 54.6 Å². The molecule has 1 saturated heterocycles. The highest BCUT2D eigenvalue weighted by Crippen LogP contribution is 2.24. The predicted molar refractivity (Wildman–Crippen MR) is 103 cm³/mol. The summed E-state index contributed by atoms with van der Waals surface area (Å²) in [6.45, 7) is 2.33. The molecule has 0 aromatic heterocycles. The summed E-state index contributed by atoms with van der Waals surface area (Å²) in [6.07, 6.45) is 2.44. The fraction of sp³-hybridized carbons (Fsp3) is 0.350. The van der Waals surface area contributed by atoms with Crippen molar-refractivity contribution in [1.82, 2.24) is 9.62 Å². The summed E-state index contributed by atoms with van der Waals surface area (Å²) >= 11 is 0.